The predicted octanol–water partition coefficient (Wildman–Crippen LogP) is 6.34. The highest BCUT2D eigenvalue weighted by molar-refractivity contribution is 5.93. The number of ether oxygens (including phenoxy) is 1. The summed E-state index contributed by atoms with van der Waals surface area (Å²) >= 11 is 0. The Hall–Kier alpha value is -3.55. The number of carbonyl (C=O) groups is 3. The molecule has 0 spiro atoms. The summed E-state index contributed by atoms with van der Waals surface area (Å²) in [5.74, 6) is -1.79. The van der Waals surface area contributed by atoms with Crippen molar-refractivity contribution < 1.29 is 29.3 Å². The SMILES string of the molecule is CC/C=C\C/C=C\C/C=C\CCCCCCCC(=O)NCCOC(=O)Nc1ccc(O)c(C(=O)O)c1. The number of phenols is 1. The summed E-state index contributed by atoms with van der Waals surface area (Å²) in [5.41, 5.74) is -0.148. The lowest BCUT2D eigenvalue weighted by Gasteiger charge is -2.09. The fourth-order valence-electron chi connectivity index (χ4n) is 3.27. The number of aromatic carboxylic acids is 1. The molecule has 198 valence electrons. The molecule has 8 heteroatoms. The summed E-state index contributed by atoms with van der Waals surface area (Å²) < 4.78 is 4.97. The zero-order valence-electron chi connectivity index (χ0n) is 21.2. The zero-order valence-corrected chi connectivity index (χ0v) is 21.2. The highest BCUT2D eigenvalue weighted by atomic mass is 16.5. The average molecular weight is 501 g/mol. The van der Waals surface area contributed by atoms with E-state index in [1.54, 1.807) is 0 Å². The number of carboxylic acid groups (broad SMARTS) is 1. The van der Waals surface area contributed by atoms with Gasteiger partial charge in [-0.05, 0) is 56.7 Å². The van der Waals surface area contributed by atoms with Crippen molar-refractivity contribution in [1.82, 2.24) is 5.32 Å². The lowest BCUT2D eigenvalue weighted by molar-refractivity contribution is -0.121. The first-order chi connectivity index (χ1) is 17.4. The maximum atomic E-state index is 11.9. The summed E-state index contributed by atoms with van der Waals surface area (Å²) in [7, 11) is 0. The quantitative estimate of drug-likeness (QED) is 0.106. The van der Waals surface area contributed by atoms with E-state index >= 15 is 0 Å². The molecule has 0 heterocycles. The molecule has 1 aromatic carbocycles. The second-order valence-corrected chi connectivity index (χ2v) is 8.25. The number of carboxylic acids is 1. The minimum absolute atomic E-state index is 0.0132. The Morgan fingerprint density at radius 3 is 2.31 bits per heavy atom. The number of allylic oxidation sites excluding steroid dienone is 6. The van der Waals surface area contributed by atoms with Crippen molar-refractivity contribution in [2.24, 2.45) is 0 Å². The summed E-state index contributed by atoms with van der Waals surface area (Å²) in [6.45, 7) is 2.31. The van der Waals surface area contributed by atoms with Crippen LogP contribution in [0.4, 0.5) is 10.5 Å². The standard InChI is InChI=1S/C28H40N2O6/c1-2-3-4-5-6-7-8-9-10-11-12-13-14-15-16-17-26(32)29-20-21-36-28(35)30-23-18-19-25(31)24(22-23)27(33)34/h3-4,6-7,9-10,18-19,22,31H,2,5,8,11-17,20-21H2,1H3,(H,29,32)(H,30,35)(H,33,34)/b4-3-,7-6-,10-9-. The van der Waals surface area contributed by atoms with Gasteiger partial charge in [-0.2, -0.15) is 0 Å². The van der Waals surface area contributed by atoms with Gasteiger partial charge in [-0.25, -0.2) is 9.59 Å². The number of nitrogens with one attached hydrogen (secondary N) is 2. The van der Waals surface area contributed by atoms with Crippen LogP contribution in [0, 0.1) is 0 Å². The molecule has 8 nitrogen and oxygen atoms in total. The number of carbonyl (C=O) groups excluding carboxylic acids is 2. The van der Waals surface area contributed by atoms with Gasteiger partial charge >= 0.3 is 12.1 Å². The molecule has 0 saturated heterocycles. The first kappa shape index (κ1) is 30.5. The third-order valence-corrected chi connectivity index (χ3v) is 5.19. The third kappa shape index (κ3) is 15.4. The van der Waals surface area contributed by atoms with Crippen LogP contribution < -0.4 is 10.6 Å². The van der Waals surface area contributed by atoms with E-state index in [0.717, 1.165) is 63.9 Å². The number of hydrogen-bond acceptors (Lipinski definition) is 5. The summed E-state index contributed by atoms with van der Waals surface area (Å²) in [4.78, 5) is 34.7. The molecule has 0 aliphatic carbocycles. The number of unbranched alkanes of at least 4 members (excludes halogenated alkanes) is 5. The van der Waals surface area contributed by atoms with Crippen molar-refractivity contribution in [2.45, 2.75) is 71.1 Å². The van der Waals surface area contributed by atoms with Gasteiger partial charge in [0.25, 0.3) is 0 Å². The number of amides is 2. The molecular formula is C28H40N2O6. The molecule has 36 heavy (non-hydrogen) atoms. The molecule has 1 aromatic rings. The Kier molecular flexibility index (Phi) is 16.7. The van der Waals surface area contributed by atoms with E-state index in [-0.39, 0.29) is 30.3 Å². The van der Waals surface area contributed by atoms with Gasteiger partial charge in [0.15, 0.2) is 0 Å². The van der Waals surface area contributed by atoms with Crippen LogP contribution in [-0.4, -0.2) is 41.3 Å². The summed E-state index contributed by atoms with van der Waals surface area (Å²) in [6, 6.07) is 3.66. The zero-order chi connectivity index (χ0) is 26.4. The van der Waals surface area contributed by atoms with E-state index in [1.165, 1.54) is 12.1 Å². The highest BCUT2D eigenvalue weighted by Gasteiger charge is 2.12. The highest BCUT2D eigenvalue weighted by Crippen LogP contribution is 2.21. The monoisotopic (exact) mass is 500 g/mol. The molecule has 4 N–H and O–H groups in total. The van der Waals surface area contributed by atoms with Gasteiger partial charge in [0.2, 0.25) is 5.91 Å². The molecule has 0 unspecified atom stereocenters. The Morgan fingerprint density at radius 2 is 1.58 bits per heavy atom. The first-order valence-electron chi connectivity index (χ1n) is 12.7. The van der Waals surface area contributed by atoms with Gasteiger partial charge < -0.3 is 20.3 Å². The van der Waals surface area contributed by atoms with Gasteiger partial charge in [-0.15, -0.1) is 0 Å². The predicted molar refractivity (Wildman–Crippen MR) is 142 cm³/mol. The van der Waals surface area contributed by atoms with Gasteiger partial charge in [-0.3, -0.25) is 10.1 Å². The fourth-order valence-corrected chi connectivity index (χ4v) is 3.27. The van der Waals surface area contributed by atoms with Crippen molar-refractivity contribution in [2.75, 3.05) is 18.5 Å². The van der Waals surface area contributed by atoms with E-state index in [4.69, 9.17) is 9.84 Å². The normalized spacial score (nSPS) is 11.4. The maximum absolute atomic E-state index is 11.9. The topological polar surface area (TPSA) is 125 Å². The molecule has 0 bridgehead atoms. The van der Waals surface area contributed by atoms with Gasteiger partial charge in [-0.1, -0.05) is 62.6 Å². The van der Waals surface area contributed by atoms with Gasteiger partial charge in [0.05, 0.1) is 6.54 Å². The van der Waals surface area contributed by atoms with Crippen molar-refractivity contribution in [3.63, 3.8) is 0 Å². The maximum Gasteiger partial charge on any atom is 0.411 e. The molecule has 2 amide bonds. The number of rotatable bonds is 18. The Bertz CT molecular complexity index is 892. The summed E-state index contributed by atoms with van der Waals surface area (Å²) in [6.07, 6.45) is 22.3. The van der Waals surface area contributed by atoms with Gasteiger partial charge in [0, 0.05) is 12.1 Å². The van der Waals surface area contributed by atoms with Crippen LogP contribution in [0.15, 0.2) is 54.7 Å². The van der Waals surface area contributed by atoms with E-state index < -0.39 is 17.8 Å². The Labute approximate surface area is 214 Å². The number of benzene rings is 1. The van der Waals surface area contributed by atoms with E-state index in [2.05, 4.69) is 54.0 Å². The van der Waals surface area contributed by atoms with Crippen LogP contribution in [0.3, 0.4) is 0 Å². The van der Waals surface area contributed by atoms with E-state index in [0.29, 0.717) is 6.42 Å². The van der Waals surface area contributed by atoms with E-state index in [9.17, 15) is 19.5 Å². The number of aromatic hydroxyl groups is 1. The van der Waals surface area contributed by atoms with Crippen LogP contribution in [-0.2, 0) is 9.53 Å². The molecular weight excluding hydrogens is 460 g/mol. The number of hydrogen-bond donors (Lipinski definition) is 4. The Balaban J connectivity index is 1.99. The minimum atomic E-state index is -1.31. The fraction of sp³-hybridized carbons (Fsp3) is 0.464. The molecule has 0 atom stereocenters. The van der Waals surface area contributed by atoms with Gasteiger partial charge in [0.1, 0.15) is 17.9 Å². The molecule has 0 aliphatic rings. The van der Waals surface area contributed by atoms with Crippen molar-refractivity contribution in [1.29, 1.82) is 0 Å². The largest absolute Gasteiger partial charge is 0.507 e. The van der Waals surface area contributed by atoms with Crippen molar-refractivity contribution >= 4 is 23.7 Å². The average Bonchev–Trinajstić information content (AvgIpc) is 2.85. The van der Waals surface area contributed by atoms with Crippen molar-refractivity contribution in [3.05, 3.63) is 60.2 Å². The van der Waals surface area contributed by atoms with Crippen LogP contribution in [0.5, 0.6) is 5.75 Å². The van der Waals surface area contributed by atoms with Crippen LogP contribution in [0.1, 0.15) is 81.5 Å². The van der Waals surface area contributed by atoms with Crippen molar-refractivity contribution in [3.8, 4) is 5.75 Å². The first-order valence-corrected chi connectivity index (χ1v) is 12.7. The van der Waals surface area contributed by atoms with Crippen LogP contribution in [0.25, 0.3) is 0 Å². The molecule has 1 rings (SSSR count). The lowest BCUT2D eigenvalue weighted by atomic mass is 10.1. The molecule has 0 aliphatic heterocycles. The third-order valence-electron chi connectivity index (χ3n) is 5.19. The molecule has 0 aromatic heterocycles. The molecule has 0 saturated carbocycles. The smallest absolute Gasteiger partial charge is 0.411 e. The number of anilines is 1. The van der Waals surface area contributed by atoms with Crippen LogP contribution >= 0.6 is 0 Å². The Morgan fingerprint density at radius 1 is 0.917 bits per heavy atom. The molecule has 0 radical (unpaired) electrons. The van der Waals surface area contributed by atoms with E-state index in [1.807, 2.05) is 0 Å². The molecule has 0 fully saturated rings. The minimum Gasteiger partial charge on any atom is -0.507 e. The second kappa shape index (κ2) is 19.7. The lowest BCUT2D eigenvalue weighted by Crippen LogP contribution is -2.28. The summed E-state index contributed by atoms with van der Waals surface area (Å²) in [5, 5.41) is 23.5. The second-order valence-electron chi connectivity index (χ2n) is 8.25. The van der Waals surface area contributed by atoms with Crippen LogP contribution in [0.2, 0.25) is 0 Å².